The van der Waals surface area contributed by atoms with Gasteiger partial charge in [-0.1, -0.05) is 32.0 Å². The smallest absolute Gasteiger partial charge is 0.338 e. The third-order valence-corrected chi connectivity index (χ3v) is 3.20. The molecular weight excluding hydrogens is 232 g/mol. The molecule has 1 aromatic carbocycles. The van der Waals surface area contributed by atoms with Gasteiger partial charge in [0.1, 0.15) is 12.0 Å². The summed E-state index contributed by atoms with van der Waals surface area (Å²) in [6.45, 7) is 3.84. The zero-order chi connectivity index (χ0) is 13.3. The van der Waals surface area contributed by atoms with Gasteiger partial charge >= 0.3 is 11.9 Å². The first kappa shape index (κ1) is 12.6. The molecule has 1 aliphatic rings. The van der Waals surface area contributed by atoms with E-state index in [-0.39, 0.29) is 17.9 Å². The summed E-state index contributed by atoms with van der Waals surface area (Å²) in [4.78, 5) is 23.8. The predicted octanol–water partition coefficient (Wildman–Crippen LogP) is 2.14. The molecule has 1 aliphatic heterocycles. The topological polar surface area (TPSA) is 52.6 Å². The van der Waals surface area contributed by atoms with Gasteiger partial charge in [0.25, 0.3) is 0 Å². The molecular formula is C14H16O4. The fourth-order valence-electron chi connectivity index (χ4n) is 2.30. The van der Waals surface area contributed by atoms with E-state index in [0.717, 1.165) is 0 Å². The maximum atomic E-state index is 11.9. The first-order valence-electron chi connectivity index (χ1n) is 5.94. The summed E-state index contributed by atoms with van der Waals surface area (Å²) < 4.78 is 10.2. The van der Waals surface area contributed by atoms with Gasteiger partial charge in [-0.3, -0.25) is 4.79 Å². The Hall–Kier alpha value is -1.84. The lowest BCUT2D eigenvalue weighted by molar-refractivity contribution is -0.146. The van der Waals surface area contributed by atoms with Crippen molar-refractivity contribution in [1.29, 1.82) is 0 Å². The van der Waals surface area contributed by atoms with E-state index in [1.165, 1.54) is 7.11 Å². The second-order valence-electron chi connectivity index (χ2n) is 4.70. The van der Waals surface area contributed by atoms with Gasteiger partial charge in [0.05, 0.1) is 12.7 Å². The molecule has 0 saturated heterocycles. The Morgan fingerprint density at radius 2 is 2.00 bits per heavy atom. The van der Waals surface area contributed by atoms with E-state index >= 15 is 0 Å². The van der Waals surface area contributed by atoms with Crippen LogP contribution in [0.25, 0.3) is 0 Å². The quantitative estimate of drug-likeness (QED) is 0.752. The van der Waals surface area contributed by atoms with Crippen LogP contribution < -0.4 is 0 Å². The van der Waals surface area contributed by atoms with Gasteiger partial charge in [0.2, 0.25) is 0 Å². The van der Waals surface area contributed by atoms with Crippen LogP contribution in [-0.2, 0) is 14.3 Å². The summed E-state index contributed by atoms with van der Waals surface area (Å²) in [6, 6.07) is 7.02. The summed E-state index contributed by atoms with van der Waals surface area (Å²) in [5, 5.41) is 0. The van der Waals surface area contributed by atoms with Crippen LogP contribution in [0.1, 0.15) is 35.7 Å². The van der Waals surface area contributed by atoms with Gasteiger partial charge < -0.3 is 9.47 Å². The van der Waals surface area contributed by atoms with Crippen LogP contribution in [-0.4, -0.2) is 25.2 Å². The number of cyclic esters (lactones) is 1. The summed E-state index contributed by atoms with van der Waals surface area (Å²) in [7, 11) is 1.35. The minimum absolute atomic E-state index is 0.0476. The molecule has 0 bridgehead atoms. The van der Waals surface area contributed by atoms with Gasteiger partial charge in [-0.2, -0.15) is 0 Å². The first-order valence-corrected chi connectivity index (χ1v) is 5.94. The van der Waals surface area contributed by atoms with Crippen molar-refractivity contribution in [1.82, 2.24) is 0 Å². The van der Waals surface area contributed by atoms with E-state index in [4.69, 9.17) is 9.47 Å². The molecule has 0 unspecified atom stereocenters. The summed E-state index contributed by atoms with van der Waals surface area (Å²) >= 11 is 0. The molecule has 2 atom stereocenters. The molecule has 96 valence electrons. The highest BCUT2D eigenvalue weighted by atomic mass is 16.6. The summed E-state index contributed by atoms with van der Waals surface area (Å²) in [5.41, 5.74) is 1.14. The number of esters is 2. The Balaban J connectivity index is 2.52. The van der Waals surface area contributed by atoms with Crippen LogP contribution in [0.5, 0.6) is 0 Å². The molecule has 2 rings (SSSR count). The van der Waals surface area contributed by atoms with Crippen molar-refractivity contribution < 1.29 is 19.1 Å². The fourth-order valence-corrected chi connectivity index (χ4v) is 2.30. The van der Waals surface area contributed by atoms with Crippen LogP contribution in [0.2, 0.25) is 0 Å². The van der Waals surface area contributed by atoms with E-state index < -0.39 is 12.0 Å². The maximum absolute atomic E-state index is 11.9. The lowest BCUT2D eigenvalue weighted by atomic mass is 9.82. The van der Waals surface area contributed by atoms with Crippen molar-refractivity contribution in [2.75, 3.05) is 7.11 Å². The van der Waals surface area contributed by atoms with Crippen molar-refractivity contribution in [2.45, 2.75) is 25.9 Å². The minimum Gasteiger partial charge on any atom is -0.468 e. The Morgan fingerprint density at radius 1 is 1.33 bits per heavy atom. The average molecular weight is 248 g/mol. The Morgan fingerprint density at radius 3 is 2.61 bits per heavy atom. The third-order valence-electron chi connectivity index (χ3n) is 3.20. The number of methoxy groups -OCH3 is 1. The van der Waals surface area contributed by atoms with E-state index in [0.29, 0.717) is 11.1 Å². The van der Waals surface area contributed by atoms with E-state index in [9.17, 15) is 9.59 Å². The lowest BCUT2D eigenvalue weighted by Gasteiger charge is -2.33. The zero-order valence-corrected chi connectivity index (χ0v) is 10.7. The molecule has 0 spiro atoms. The fraction of sp³-hybridized carbons (Fsp3) is 0.429. The Bertz CT molecular complexity index is 478. The average Bonchev–Trinajstić information content (AvgIpc) is 2.37. The molecule has 0 saturated carbocycles. The number of hydrogen-bond donors (Lipinski definition) is 0. The predicted molar refractivity (Wildman–Crippen MR) is 65.2 cm³/mol. The molecule has 0 N–H and O–H groups in total. The number of rotatable bonds is 2. The Kier molecular flexibility index (Phi) is 3.36. The van der Waals surface area contributed by atoms with Crippen LogP contribution in [0, 0.1) is 5.92 Å². The molecule has 0 amide bonds. The number of carbonyl (C=O) groups is 2. The molecule has 1 aromatic rings. The molecule has 4 heteroatoms. The summed E-state index contributed by atoms with van der Waals surface area (Å²) in [5.74, 6) is -1.23. The monoisotopic (exact) mass is 248 g/mol. The minimum atomic E-state index is -0.538. The number of benzene rings is 1. The molecule has 0 radical (unpaired) electrons. The summed E-state index contributed by atoms with van der Waals surface area (Å²) in [6.07, 6.45) is -0.472. The third kappa shape index (κ3) is 1.98. The van der Waals surface area contributed by atoms with Crippen LogP contribution >= 0.6 is 0 Å². The number of carbonyl (C=O) groups excluding carboxylic acids is 2. The van der Waals surface area contributed by atoms with Gasteiger partial charge in [-0.05, 0) is 17.5 Å². The lowest BCUT2D eigenvalue weighted by Crippen LogP contribution is -2.40. The SMILES string of the molecule is COC(=O)[C@H]1c2ccccc2C(=O)O[C@H]1C(C)C. The molecule has 0 aliphatic carbocycles. The van der Waals surface area contributed by atoms with Gasteiger partial charge in [0, 0.05) is 0 Å². The number of hydrogen-bond acceptors (Lipinski definition) is 4. The van der Waals surface area contributed by atoms with E-state index in [1.807, 2.05) is 19.9 Å². The largest absolute Gasteiger partial charge is 0.468 e. The van der Waals surface area contributed by atoms with Crippen molar-refractivity contribution >= 4 is 11.9 Å². The molecule has 4 nitrogen and oxygen atoms in total. The van der Waals surface area contributed by atoms with Crippen LogP contribution in [0.3, 0.4) is 0 Å². The molecule has 0 aromatic heterocycles. The van der Waals surface area contributed by atoms with Crippen LogP contribution in [0.4, 0.5) is 0 Å². The van der Waals surface area contributed by atoms with E-state index in [1.54, 1.807) is 18.2 Å². The highest BCUT2D eigenvalue weighted by Crippen LogP contribution is 2.35. The van der Waals surface area contributed by atoms with Gasteiger partial charge in [0.15, 0.2) is 0 Å². The second kappa shape index (κ2) is 4.80. The zero-order valence-electron chi connectivity index (χ0n) is 10.7. The second-order valence-corrected chi connectivity index (χ2v) is 4.70. The highest BCUT2D eigenvalue weighted by Gasteiger charge is 2.42. The molecule has 18 heavy (non-hydrogen) atoms. The first-order chi connectivity index (χ1) is 8.56. The van der Waals surface area contributed by atoms with Crippen molar-refractivity contribution in [3.63, 3.8) is 0 Å². The molecule has 0 fully saturated rings. The van der Waals surface area contributed by atoms with Gasteiger partial charge in [-0.25, -0.2) is 4.79 Å². The molecule has 1 heterocycles. The van der Waals surface area contributed by atoms with Gasteiger partial charge in [-0.15, -0.1) is 0 Å². The standard InChI is InChI=1S/C14H16O4/c1-8(2)12-11(14(16)17-3)9-6-4-5-7-10(9)13(15)18-12/h4-8,11-12H,1-3H3/t11-,12-/m0/s1. The van der Waals surface area contributed by atoms with Crippen molar-refractivity contribution in [3.8, 4) is 0 Å². The Labute approximate surface area is 106 Å². The maximum Gasteiger partial charge on any atom is 0.338 e. The number of ether oxygens (including phenoxy) is 2. The van der Waals surface area contributed by atoms with Crippen molar-refractivity contribution in [2.24, 2.45) is 5.92 Å². The van der Waals surface area contributed by atoms with Crippen LogP contribution in [0.15, 0.2) is 24.3 Å². The van der Waals surface area contributed by atoms with Crippen molar-refractivity contribution in [3.05, 3.63) is 35.4 Å². The highest BCUT2D eigenvalue weighted by molar-refractivity contribution is 5.96. The number of fused-ring (bicyclic) bond motifs is 1. The van der Waals surface area contributed by atoms with E-state index in [2.05, 4.69) is 0 Å². The normalized spacial score (nSPS) is 22.3.